The van der Waals surface area contributed by atoms with Gasteiger partial charge in [-0.05, 0) is 37.3 Å². The van der Waals surface area contributed by atoms with Crippen LogP contribution in [0.5, 0.6) is 5.75 Å². The normalized spacial score (nSPS) is 12.1. The number of pyridine rings is 1. The Morgan fingerprint density at radius 3 is 2.86 bits per heavy atom. The van der Waals surface area contributed by atoms with Gasteiger partial charge in [0, 0.05) is 11.2 Å². The second-order valence-electron chi connectivity index (χ2n) is 4.39. The average Bonchev–Trinajstić information content (AvgIpc) is 2.98. The van der Waals surface area contributed by atoms with Crippen molar-refractivity contribution in [2.45, 2.75) is 13.0 Å². The van der Waals surface area contributed by atoms with Crippen LogP contribution in [0.15, 0.2) is 53.2 Å². The number of nitrogens with zero attached hydrogens (tertiary/aromatic N) is 3. The van der Waals surface area contributed by atoms with Gasteiger partial charge < -0.3 is 9.26 Å². The van der Waals surface area contributed by atoms with Crippen LogP contribution in [-0.2, 0) is 0 Å². The smallest absolute Gasteiger partial charge is 0.267 e. The van der Waals surface area contributed by atoms with E-state index in [0.29, 0.717) is 28.2 Å². The first-order valence-corrected chi connectivity index (χ1v) is 6.77. The molecule has 106 valence electrons. The number of halogens is 1. The molecular formula is C15H12ClN3O2. The SMILES string of the molecule is C[C@H](Oc1cccc(Cl)c1)c1nc(-c2ccccn2)no1. The van der Waals surface area contributed by atoms with Gasteiger partial charge in [0.2, 0.25) is 5.82 Å². The molecule has 0 saturated carbocycles. The summed E-state index contributed by atoms with van der Waals surface area (Å²) in [7, 11) is 0. The van der Waals surface area contributed by atoms with Crippen LogP contribution in [0.2, 0.25) is 5.02 Å². The Balaban J connectivity index is 1.77. The fourth-order valence-electron chi connectivity index (χ4n) is 1.79. The minimum Gasteiger partial charge on any atom is -0.481 e. The van der Waals surface area contributed by atoms with E-state index in [9.17, 15) is 0 Å². The molecule has 2 aromatic heterocycles. The summed E-state index contributed by atoms with van der Waals surface area (Å²) in [5.74, 6) is 1.47. The molecule has 0 aliphatic heterocycles. The summed E-state index contributed by atoms with van der Waals surface area (Å²) in [5, 5.41) is 4.52. The molecule has 21 heavy (non-hydrogen) atoms. The third kappa shape index (κ3) is 3.20. The third-order valence-electron chi connectivity index (χ3n) is 2.79. The molecule has 0 bridgehead atoms. The van der Waals surface area contributed by atoms with E-state index >= 15 is 0 Å². The lowest BCUT2D eigenvalue weighted by Gasteiger charge is -2.10. The van der Waals surface area contributed by atoms with Crippen molar-refractivity contribution in [2.24, 2.45) is 0 Å². The summed E-state index contributed by atoms with van der Waals surface area (Å²) in [6, 6.07) is 12.7. The fourth-order valence-corrected chi connectivity index (χ4v) is 1.97. The van der Waals surface area contributed by atoms with Gasteiger partial charge in [-0.1, -0.05) is 28.9 Å². The molecule has 0 radical (unpaired) electrons. The van der Waals surface area contributed by atoms with Gasteiger partial charge in [0.1, 0.15) is 11.4 Å². The summed E-state index contributed by atoms with van der Waals surface area (Å²) in [6.07, 6.45) is 1.30. The van der Waals surface area contributed by atoms with Crippen LogP contribution < -0.4 is 4.74 Å². The number of rotatable bonds is 4. The Kier molecular flexibility index (Phi) is 3.83. The largest absolute Gasteiger partial charge is 0.481 e. The fraction of sp³-hybridized carbons (Fsp3) is 0.133. The van der Waals surface area contributed by atoms with Crippen molar-refractivity contribution < 1.29 is 9.26 Å². The standard InChI is InChI=1S/C15H12ClN3O2/c1-10(20-12-6-4-5-11(16)9-12)15-18-14(19-21-15)13-7-2-3-8-17-13/h2-10H,1H3/t10-/m0/s1. The molecule has 0 N–H and O–H groups in total. The second kappa shape index (κ2) is 5.93. The van der Waals surface area contributed by atoms with Crippen molar-refractivity contribution in [1.29, 1.82) is 0 Å². The van der Waals surface area contributed by atoms with Gasteiger partial charge in [-0.3, -0.25) is 4.98 Å². The number of aromatic nitrogens is 3. The van der Waals surface area contributed by atoms with Gasteiger partial charge in [0.05, 0.1) is 0 Å². The Labute approximate surface area is 126 Å². The Morgan fingerprint density at radius 2 is 2.10 bits per heavy atom. The summed E-state index contributed by atoms with van der Waals surface area (Å²) in [4.78, 5) is 8.47. The maximum Gasteiger partial charge on any atom is 0.267 e. The van der Waals surface area contributed by atoms with E-state index in [1.165, 1.54) is 0 Å². The van der Waals surface area contributed by atoms with Gasteiger partial charge in [-0.15, -0.1) is 0 Å². The average molecular weight is 302 g/mol. The second-order valence-corrected chi connectivity index (χ2v) is 4.83. The number of benzene rings is 1. The Bertz CT molecular complexity index is 731. The molecule has 0 aliphatic rings. The Morgan fingerprint density at radius 1 is 1.19 bits per heavy atom. The zero-order valence-electron chi connectivity index (χ0n) is 11.2. The number of hydrogen-bond acceptors (Lipinski definition) is 5. The first kappa shape index (κ1) is 13.6. The van der Waals surface area contributed by atoms with Crippen LogP contribution in [-0.4, -0.2) is 15.1 Å². The van der Waals surface area contributed by atoms with E-state index in [1.54, 1.807) is 18.3 Å². The molecule has 0 saturated heterocycles. The molecule has 0 amide bonds. The van der Waals surface area contributed by atoms with Crippen LogP contribution in [0.4, 0.5) is 0 Å². The molecule has 1 atom stereocenters. The number of ether oxygens (including phenoxy) is 1. The van der Waals surface area contributed by atoms with Crippen LogP contribution in [0, 0.1) is 0 Å². The molecular weight excluding hydrogens is 290 g/mol. The molecule has 0 spiro atoms. The highest BCUT2D eigenvalue weighted by atomic mass is 35.5. The first-order chi connectivity index (χ1) is 10.2. The van der Waals surface area contributed by atoms with Crippen molar-refractivity contribution in [3.63, 3.8) is 0 Å². The minimum absolute atomic E-state index is 0.381. The highest BCUT2D eigenvalue weighted by Gasteiger charge is 2.17. The molecule has 5 nitrogen and oxygen atoms in total. The first-order valence-electron chi connectivity index (χ1n) is 6.39. The maximum atomic E-state index is 5.92. The molecule has 6 heteroatoms. The third-order valence-corrected chi connectivity index (χ3v) is 3.03. The van der Waals surface area contributed by atoms with Crippen LogP contribution in [0.3, 0.4) is 0 Å². The van der Waals surface area contributed by atoms with Gasteiger partial charge >= 0.3 is 0 Å². The van der Waals surface area contributed by atoms with Crippen molar-refractivity contribution in [1.82, 2.24) is 15.1 Å². The summed E-state index contributed by atoms with van der Waals surface area (Å²) in [6.45, 7) is 1.83. The quantitative estimate of drug-likeness (QED) is 0.731. The van der Waals surface area contributed by atoms with Gasteiger partial charge in [-0.25, -0.2) is 0 Å². The lowest BCUT2D eigenvalue weighted by Crippen LogP contribution is -2.03. The van der Waals surface area contributed by atoms with Crippen molar-refractivity contribution in [3.05, 3.63) is 59.6 Å². The van der Waals surface area contributed by atoms with Crippen LogP contribution >= 0.6 is 11.6 Å². The topological polar surface area (TPSA) is 61.0 Å². The highest BCUT2D eigenvalue weighted by molar-refractivity contribution is 6.30. The summed E-state index contributed by atoms with van der Waals surface area (Å²) < 4.78 is 11.0. The zero-order chi connectivity index (χ0) is 14.7. The molecule has 3 aromatic rings. The lowest BCUT2D eigenvalue weighted by molar-refractivity contribution is 0.176. The monoisotopic (exact) mass is 301 g/mol. The molecule has 2 heterocycles. The van der Waals surface area contributed by atoms with Crippen LogP contribution in [0.1, 0.15) is 18.9 Å². The maximum absolute atomic E-state index is 5.92. The van der Waals surface area contributed by atoms with Gasteiger partial charge in [0.25, 0.3) is 5.89 Å². The van der Waals surface area contributed by atoms with E-state index < -0.39 is 0 Å². The lowest BCUT2D eigenvalue weighted by atomic mass is 10.3. The van der Waals surface area contributed by atoms with Gasteiger partial charge in [0.15, 0.2) is 6.10 Å². The van der Waals surface area contributed by atoms with Crippen molar-refractivity contribution in [2.75, 3.05) is 0 Å². The van der Waals surface area contributed by atoms with Crippen molar-refractivity contribution in [3.8, 4) is 17.3 Å². The van der Waals surface area contributed by atoms with E-state index in [4.69, 9.17) is 20.9 Å². The van der Waals surface area contributed by atoms with Crippen LogP contribution in [0.25, 0.3) is 11.5 Å². The molecule has 0 aliphatic carbocycles. The van der Waals surface area contributed by atoms with E-state index in [-0.39, 0.29) is 6.10 Å². The summed E-state index contributed by atoms with van der Waals surface area (Å²) >= 11 is 5.92. The molecule has 0 fully saturated rings. The zero-order valence-corrected chi connectivity index (χ0v) is 12.0. The van der Waals surface area contributed by atoms with Crippen molar-refractivity contribution >= 4 is 11.6 Å². The minimum atomic E-state index is -0.381. The van der Waals surface area contributed by atoms with E-state index in [2.05, 4.69) is 15.1 Å². The summed E-state index contributed by atoms with van der Waals surface area (Å²) in [5.41, 5.74) is 0.655. The van der Waals surface area contributed by atoms with E-state index in [1.807, 2.05) is 37.3 Å². The Hall–Kier alpha value is -2.40. The van der Waals surface area contributed by atoms with Gasteiger partial charge in [-0.2, -0.15) is 4.98 Å². The molecule has 1 aromatic carbocycles. The predicted octanol–water partition coefficient (Wildman–Crippen LogP) is 3.93. The predicted molar refractivity (Wildman–Crippen MR) is 78.0 cm³/mol. The molecule has 3 rings (SSSR count). The number of hydrogen-bond donors (Lipinski definition) is 0. The highest BCUT2D eigenvalue weighted by Crippen LogP contribution is 2.24. The van der Waals surface area contributed by atoms with E-state index in [0.717, 1.165) is 0 Å². The molecule has 0 unspecified atom stereocenters.